The number of carbonyl (C=O) groups is 2. The average molecular weight is 425 g/mol. The van der Waals surface area contributed by atoms with Crippen LogP contribution in [-0.2, 0) is 20.7 Å². The summed E-state index contributed by atoms with van der Waals surface area (Å²) in [5.41, 5.74) is 1.51. The van der Waals surface area contributed by atoms with Crippen molar-refractivity contribution in [2.75, 3.05) is 19.8 Å². The number of carbonyl (C=O) groups excluding carboxylic acids is 2. The smallest absolute Gasteiger partial charge is 0.295 e. The lowest BCUT2D eigenvalue weighted by Gasteiger charge is -2.23. The molecular weight excluding hydrogens is 398 g/mol. The molecule has 1 saturated heterocycles. The maximum atomic E-state index is 13.0. The number of ether oxygens (including phenoxy) is 2. The number of Topliss-reactive ketones (excluding diaryl/α,β-unsaturated/α-hetero) is 1. The van der Waals surface area contributed by atoms with Gasteiger partial charge in [-0.25, -0.2) is 0 Å². The molecule has 0 radical (unpaired) electrons. The summed E-state index contributed by atoms with van der Waals surface area (Å²) < 4.78 is 16.8. The van der Waals surface area contributed by atoms with Gasteiger partial charge in [-0.15, -0.1) is 0 Å². The largest absolute Gasteiger partial charge is 0.507 e. The van der Waals surface area contributed by atoms with Crippen molar-refractivity contribution in [3.8, 4) is 5.75 Å². The zero-order valence-corrected chi connectivity index (χ0v) is 17.8. The van der Waals surface area contributed by atoms with Gasteiger partial charge in [0.15, 0.2) is 0 Å². The molecule has 0 saturated carbocycles. The predicted octanol–water partition coefficient (Wildman–Crippen LogP) is 3.84. The van der Waals surface area contributed by atoms with Gasteiger partial charge in [0.05, 0.1) is 24.5 Å². The number of furan rings is 1. The van der Waals surface area contributed by atoms with Crippen LogP contribution in [0.5, 0.6) is 5.75 Å². The minimum Gasteiger partial charge on any atom is -0.507 e. The van der Waals surface area contributed by atoms with Crippen molar-refractivity contribution in [2.45, 2.75) is 45.3 Å². The summed E-state index contributed by atoms with van der Waals surface area (Å²) >= 11 is 0. The summed E-state index contributed by atoms with van der Waals surface area (Å²) in [5, 5.41) is 11.1. The summed E-state index contributed by atoms with van der Waals surface area (Å²) in [5.74, 6) is -0.330. The van der Waals surface area contributed by atoms with E-state index in [2.05, 4.69) is 0 Å². The molecule has 3 heterocycles. The van der Waals surface area contributed by atoms with Crippen LogP contribution in [0, 0.1) is 0 Å². The molecule has 1 amide bonds. The fourth-order valence-corrected chi connectivity index (χ4v) is 4.07. The minimum atomic E-state index is -0.777. The van der Waals surface area contributed by atoms with E-state index in [0.717, 1.165) is 24.2 Å². The first-order valence-corrected chi connectivity index (χ1v) is 10.7. The van der Waals surface area contributed by atoms with Crippen molar-refractivity contribution in [3.63, 3.8) is 0 Å². The van der Waals surface area contributed by atoms with E-state index in [0.29, 0.717) is 37.5 Å². The number of aliphatic hydroxyl groups excluding tert-OH is 1. The molecule has 0 aliphatic carbocycles. The number of benzene rings is 1. The lowest BCUT2D eigenvalue weighted by atomic mass is 9.96. The van der Waals surface area contributed by atoms with Crippen LogP contribution < -0.4 is 4.74 Å². The number of hydrogen-bond donors (Lipinski definition) is 1. The quantitative estimate of drug-likeness (QED) is 0.314. The van der Waals surface area contributed by atoms with E-state index in [4.69, 9.17) is 13.9 Å². The second-order valence-electron chi connectivity index (χ2n) is 8.06. The summed E-state index contributed by atoms with van der Waals surface area (Å²) in [4.78, 5) is 27.3. The van der Waals surface area contributed by atoms with Gasteiger partial charge >= 0.3 is 0 Å². The van der Waals surface area contributed by atoms with E-state index in [1.165, 1.54) is 11.2 Å². The Morgan fingerprint density at radius 1 is 1.29 bits per heavy atom. The maximum Gasteiger partial charge on any atom is 0.295 e. The maximum absolute atomic E-state index is 13.0. The Kier molecular flexibility index (Phi) is 6.13. The van der Waals surface area contributed by atoms with Crippen LogP contribution in [0.15, 0.2) is 46.6 Å². The van der Waals surface area contributed by atoms with Gasteiger partial charge in [-0.2, -0.15) is 0 Å². The SMILES string of the molecule is CC(C)OCCCN1C(=O)C(=O)/C(=C(\O)c2ccc3c(c2)CCCO3)C1c1ccco1. The van der Waals surface area contributed by atoms with Crippen molar-refractivity contribution in [1.82, 2.24) is 4.90 Å². The number of likely N-dealkylation sites (tertiary alicyclic amines) is 1. The number of hydrogen-bond acceptors (Lipinski definition) is 6. The van der Waals surface area contributed by atoms with Gasteiger partial charge in [-0.3, -0.25) is 9.59 Å². The van der Waals surface area contributed by atoms with Crippen LogP contribution in [0.4, 0.5) is 0 Å². The van der Waals surface area contributed by atoms with Crippen molar-refractivity contribution in [2.24, 2.45) is 0 Å². The number of nitrogens with zero attached hydrogens (tertiary/aromatic N) is 1. The van der Waals surface area contributed by atoms with Gasteiger partial charge in [0.2, 0.25) is 0 Å². The Morgan fingerprint density at radius 3 is 2.87 bits per heavy atom. The molecule has 1 unspecified atom stereocenters. The molecule has 31 heavy (non-hydrogen) atoms. The lowest BCUT2D eigenvalue weighted by Crippen LogP contribution is -2.31. The van der Waals surface area contributed by atoms with E-state index in [1.807, 2.05) is 19.9 Å². The van der Waals surface area contributed by atoms with Gasteiger partial charge < -0.3 is 23.9 Å². The summed E-state index contributed by atoms with van der Waals surface area (Å²) in [7, 11) is 0. The first kappa shape index (κ1) is 21.2. The summed E-state index contributed by atoms with van der Waals surface area (Å²) in [6.45, 7) is 5.34. The third-order valence-corrected chi connectivity index (χ3v) is 5.53. The highest BCUT2D eigenvalue weighted by atomic mass is 16.5. The van der Waals surface area contributed by atoms with Crippen LogP contribution in [0.2, 0.25) is 0 Å². The lowest BCUT2D eigenvalue weighted by molar-refractivity contribution is -0.140. The van der Waals surface area contributed by atoms with E-state index >= 15 is 0 Å². The molecule has 2 aromatic rings. The highest BCUT2D eigenvalue weighted by molar-refractivity contribution is 6.46. The van der Waals surface area contributed by atoms with Crippen LogP contribution >= 0.6 is 0 Å². The molecule has 7 nitrogen and oxygen atoms in total. The molecular formula is C24H27NO6. The topological polar surface area (TPSA) is 89.2 Å². The third kappa shape index (κ3) is 4.23. The monoisotopic (exact) mass is 425 g/mol. The number of ketones is 1. The Morgan fingerprint density at radius 2 is 2.13 bits per heavy atom. The number of aryl methyl sites for hydroxylation is 1. The van der Waals surface area contributed by atoms with Crippen molar-refractivity contribution >= 4 is 17.4 Å². The van der Waals surface area contributed by atoms with Crippen LogP contribution in [-0.4, -0.2) is 47.6 Å². The first-order chi connectivity index (χ1) is 15.0. The number of aliphatic hydroxyl groups is 1. The Balaban J connectivity index is 1.69. The minimum absolute atomic E-state index is 0.0430. The fraction of sp³-hybridized carbons (Fsp3) is 0.417. The highest BCUT2D eigenvalue weighted by Crippen LogP contribution is 2.40. The number of fused-ring (bicyclic) bond motifs is 1. The van der Waals surface area contributed by atoms with Crippen molar-refractivity contribution < 1.29 is 28.6 Å². The molecule has 2 aliphatic rings. The Bertz CT molecular complexity index is 992. The number of rotatable bonds is 7. The average Bonchev–Trinajstić information content (AvgIpc) is 3.38. The summed E-state index contributed by atoms with van der Waals surface area (Å²) in [6, 6.07) is 7.97. The van der Waals surface area contributed by atoms with E-state index in [9.17, 15) is 14.7 Å². The second kappa shape index (κ2) is 8.98. The van der Waals surface area contributed by atoms with Gasteiger partial charge in [0, 0.05) is 18.7 Å². The zero-order chi connectivity index (χ0) is 22.0. The molecule has 2 aliphatic heterocycles. The molecule has 164 valence electrons. The standard InChI is InChI=1S/C24H27NO6/c1-15(2)29-13-5-10-25-21(19-7-4-12-31-19)20(23(27)24(25)28)22(26)17-8-9-18-16(14-17)6-3-11-30-18/h4,7-9,12,14-15,21,26H,3,5-6,10-11,13H2,1-2H3/b22-20-. The van der Waals surface area contributed by atoms with Crippen LogP contribution in [0.1, 0.15) is 49.6 Å². The molecule has 0 spiro atoms. The highest BCUT2D eigenvalue weighted by Gasteiger charge is 2.47. The van der Waals surface area contributed by atoms with Gasteiger partial charge in [0.1, 0.15) is 23.3 Å². The summed E-state index contributed by atoms with van der Waals surface area (Å²) in [6.07, 6.45) is 3.88. The van der Waals surface area contributed by atoms with Crippen molar-refractivity contribution in [1.29, 1.82) is 0 Å². The van der Waals surface area contributed by atoms with Gasteiger partial charge in [-0.1, -0.05) is 0 Å². The molecule has 4 rings (SSSR count). The first-order valence-electron chi connectivity index (χ1n) is 10.7. The molecule has 1 aromatic heterocycles. The fourth-order valence-electron chi connectivity index (χ4n) is 4.07. The third-order valence-electron chi connectivity index (χ3n) is 5.53. The number of amides is 1. The van der Waals surface area contributed by atoms with Crippen molar-refractivity contribution in [3.05, 3.63) is 59.1 Å². The van der Waals surface area contributed by atoms with Crippen LogP contribution in [0.25, 0.3) is 5.76 Å². The Labute approximate surface area is 181 Å². The second-order valence-corrected chi connectivity index (χ2v) is 8.06. The molecule has 7 heteroatoms. The van der Waals surface area contributed by atoms with Crippen LogP contribution in [0.3, 0.4) is 0 Å². The molecule has 1 fully saturated rings. The van der Waals surface area contributed by atoms with E-state index in [1.54, 1.807) is 24.3 Å². The molecule has 1 N–H and O–H groups in total. The predicted molar refractivity (Wildman–Crippen MR) is 114 cm³/mol. The van der Waals surface area contributed by atoms with E-state index in [-0.39, 0.29) is 17.4 Å². The van der Waals surface area contributed by atoms with Gasteiger partial charge in [0.25, 0.3) is 11.7 Å². The molecule has 0 bridgehead atoms. The normalized spacial score (nSPS) is 20.2. The Hall–Kier alpha value is -3.06. The van der Waals surface area contributed by atoms with E-state index < -0.39 is 17.7 Å². The van der Waals surface area contributed by atoms with Gasteiger partial charge in [-0.05, 0) is 69.0 Å². The molecule has 1 aromatic carbocycles. The zero-order valence-electron chi connectivity index (χ0n) is 17.8. The molecule has 1 atom stereocenters.